The number of ether oxygens (including phenoxy) is 4. The summed E-state index contributed by atoms with van der Waals surface area (Å²) in [5, 5.41) is 0. The summed E-state index contributed by atoms with van der Waals surface area (Å²) in [6, 6.07) is 20.9. The maximum atomic E-state index is 6.13. The molecule has 0 unspecified atom stereocenters. The molecular weight excluding hydrogens is 402 g/mol. The Morgan fingerprint density at radius 2 is 1.50 bits per heavy atom. The predicted octanol–water partition coefficient (Wildman–Crippen LogP) is 5.06. The van der Waals surface area contributed by atoms with E-state index in [0.29, 0.717) is 6.61 Å². The molecule has 0 saturated carbocycles. The number of fused-ring (bicyclic) bond motifs is 1. The van der Waals surface area contributed by atoms with E-state index in [2.05, 4.69) is 48.3 Å². The summed E-state index contributed by atoms with van der Waals surface area (Å²) in [5.74, 6) is 3.07. The average Bonchev–Trinajstić information content (AvgIpc) is 2.84. The van der Waals surface area contributed by atoms with E-state index < -0.39 is 0 Å². The van der Waals surface area contributed by atoms with Crippen molar-refractivity contribution in [3.8, 4) is 23.0 Å². The molecule has 0 amide bonds. The molecule has 0 bridgehead atoms. The Bertz CT molecular complexity index is 1050. The fourth-order valence-corrected chi connectivity index (χ4v) is 4.34. The fourth-order valence-electron chi connectivity index (χ4n) is 4.34. The van der Waals surface area contributed by atoms with Crippen LogP contribution in [0, 0.1) is 0 Å². The molecule has 0 fully saturated rings. The monoisotopic (exact) mass is 433 g/mol. The minimum absolute atomic E-state index is 0.244. The van der Waals surface area contributed by atoms with Gasteiger partial charge in [0.05, 0.1) is 21.3 Å². The molecule has 168 valence electrons. The van der Waals surface area contributed by atoms with Crippen LogP contribution in [0.3, 0.4) is 0 Å². The van der Waals surface area contributed by atoms with E-state index in [-0.39, 0.29) is 6.04 Å². The summed E-state index contributed by atoms with van der Waals surface area (Å²) in [6.45, 7) is 1.50. The van der Waals surface area contributed by atoms with Crippen LogP contribution >= 0.6 is 0 Å². The van der Waals surface area contributed by atoms with Gasteiger partial charge in [0.15, 0.2) is 23.0 Å². The minimum atomic E-state index is 0.244. The number of methoxy groups -OCH3 is 3. The van der Waals surface area contributed by atoms with Crippen molar-refractivity contribution < 1.29 is 18.9 Å². The van der Waals surface area contributed by atoms with Gasteiger partial charge in [-0.3, -0.25) is 4.90 Å². The number of hydrogen-bond acceptors (Lipinski definition) is 5. The molecule has 0 saturated heterocycles. The van der Waals surface area contributed by atoms with Crippen LogP contribution in [-0.4, -0.2) is 39.8 Å². The molecule has 5 nitrogen and oxygen atoms in total. The van der Waals surface area contributed by atoms with E-state index in [1.54, 1.807) is 21.3 Å². The van der Waals surface area contributed by atoms with Gasteiger partial charge in [0.25, 0.3) is 0 Å². The average molecular weight is 434 g/mol. The van der Waals surface area contributed by atoms with E-state index in [4.69, 9.17) is 18.9 Å². The van der Waals surface area contributed by atoms with Crippen molar-refractivity contribution in [2.24, 2.45) is 0 Å². The molecule has 3 aromatic carbocycles. The first-order valence-corrected chi connectivity index (χ1v) is 10.9. The van der Waals surface area contributed by atoms with Gasteiger partial charge < -0.3 is 18.9 Å². The smallest absolute Gasteiger partial charge is 0.161 e. The predicted molar refractivity (Wildman–Crippen MR) is 126 cm³/mol. The van der Waals surface area contributed by atoms with Crippen molar-refractivity contribution in [3.63, 3.8) is 0 Å². The number of likely N-dealkylation sites (N-methyl/N-ethyl adjacent to an activating group) is 1. The van der Waals surface area contributed by atoms with Crippen LogP contribution in [0.2, 0.25) is 0 Å². The highest BCUT2D eigenvalue weighted by Crippen LogP contribution is 2.39. The highest BCUT2D eigenvalue weighted by Gasteiger charge is 2.27. The lowest BCUT2D eigenvalue weighted by molar-refractivity contribution is 0.227. The van der Waals surface area contributed by atoms with E-state index >= 15 is 0 Å². The molecule has 1 aliphatic rings. The number of nitrogens with zero attached hydrogens (tertiary/aromatic N) is 1. The Kier molecular flexibility index (Phi) is 6.86. The molecule has 0 aliphatic carbocycles. The Balaban J connectivity index is 1.60. The first-order valence-electron chi connectivity index (χ1n) is 10.9. The van der Waals surface area contributed by atoms with Crippen LogP contribution in [0.15, 0.2) is 60.7 Å². The van der Waals surface area contributed by atoms with Gasteiger partial charge in [-0.15, -0.1) is 0 Å². The summed E-state index contributed by atoms with van der Waals surface area (Å²) in [5.41, 5.74) is 4.94. The lowest BCUT2D eigenvalue weighted by atomic mass is 9.88. The second kappa shape index (κ2) is 9.96. The quantitative estimate of drug-likeness (QED) is 0.496. The van der Waals surface area contributed by atoms with Crippen LogP contribution in [-0.2, 0) is 19.4 Å². The second-order valence-electron chi connectivity index (χ2n) is 8.12. The summed E-state index contributed by atoms with van der Waals surface area (Å²) in [4.78, 5) is 2.41. The molecule has 0 N–H and O–H groups in total. The fraction of sp³-hybridized carbons (Fsp3) is 0.333. The standard InChI is InChI=1S/C27H31NO4/c1-28-13-12-21-16-25(30-3)26(31-4)17-22(21)23(28)14-20-10-11-24(29-2)27(15-20)32-18-19-8-6-5-7-9-19/h5-11,15-17,23H,12-14,18H2,1-4H3/t23-/m1/s1. The Labute approximate surface area is 190 Å². The Morgan fingerprint density at radius 3 is 2.22 bits per heavy atom. The molecule has 0 radical (unpaired) electrons. The summed E-state index contributed by atoms with van der Waals surface area (Å²) in [6.07, 6.45) is 1.86. The maximum absolute atomic E-state index is 6.13. The molecule has 0 spiro atoms. The summed E-state index contributed by atoms with van der Waals surface area (Å²) in [7, 11) is 7.23. The molecule has 1 aliphatic heterocycles. The van der Waals surface area contributed by atoms with Crippen LogP contribution < -0.4 is 18.9 Å². The molecule has 1 atom stereocenters. The highest BCUT2D eigenvalue weighted by atomic mass is 16.5. The lowest BCUT2D eigenvalue weighted by Crippen LogP contribution is -2.33. The molecule has 1 heterocycles. The van der Waals surface area contributed by atoms with Gasteiger partial charge in [-0.05, 0) is 66.4 Å². The lowest BCUT2D eigenvalue weighted by Gasteiger charge is -2.35. The molecule has 0 aromatic heterocycles. The third-order valence-electron chi connectivity index (χ3n) is 6.16. The van der Waals surface area contributed by atoms with Gasteiger partial charge in [0.2, 0.25) is 0 Å². The molecular formula is C27H31NO4. The second-order valence-corrected chi connectivity index (χ2v) is 8.12. The molecule has 32 heavy (non-hydrogen) atoms. The van der Waals surface area contributed by atoms with Crippen molar-refractivity contribution in [2.45, 2.75) is 25.5 Å². The SMILES string of the molecule is COc1cc2c(cc1OC)[C@@H](Cc1ccc(OC)c(OCc3ccccc3)c1)N(C)CC2. The number of rotatable bonds is 8. The largest absolute Gasteiger partial charge is 0.493 e. The van der Waals surface area contributed by atoms with Crippen molar-refractivity contribution in [2.75, 3.05) is 34.9 Å². The normalized spacial score (nSPS) is 15.7. The highest BCUT2D eigenvalue weighted by molar-refractivity contribution is 5.50. The van der Waals surface area contributed by atoms with E-state index in [1.807, 2.05) is 24.3 Å². The van der Waals surface area contributed by atoms with Gasteiger partial charge in [0, 0.05) is 12.6 Å². The van der Waals surface area contributed by atoms with Crippen LogP contribution in [0.5, 0.6) is 23.0 Å². The van der Waals surface area contributed by atoms with Gasteiger partial charge in [0.1, 0.15) is 6.61 Å². The maximum Gasteiger partial charge on any atom is 0.161 e. The number of benzene rings is 3. The van der Waals surface area contributed by atoms with Gasteiger partial charge in [-0.25, -0.2) is 0 Å². The zero-order valence-electron chi connectivity index (χ0n) is 19.3. The van der Waals surface area contributed by atoms with E-state index in [1.165, 1.54) is 16.7 Å². The van der Waals surface area contributed by atoms with Gasteiger partial charge >= 0.3 is 0 Å². The van der Waals surface area contributed by atoms with Crippen LogP contribution in [0.1, 0.15) is 28.3 Å². The molecule has 3 aromatic rings. The van der Waals surface area contributed by atoms with Crippen molar-refractivity contribution in [3.05, 3.63) is 82.9 Å². The van der Waals surface area contributed by atoms with E-state index in [9.17, 15) is 0 Å². The van der Waals surface area contributed by atoms with Gasteiger partial charge in [-0.1, -0.05) is 36.4 Å². The zero-order valence-corrected chi connectivity index (χ0v) is 19.3. The van der Waals surface area contributed by atoms with Gasteiger partial charge in [-0.2, -0.15) is 0 Å². The zero-order chi connectivity index (χ0) is 22.5. The Hall–Kier alpha value is -3.18. The molecule has 5 heteroatoms. The third kappa shape index (κ3) is 4.68. The van der Waals surface area contributed by atoms with Crippen LogP contribution in [0.25, 0.3) is 0 Å². The summed E-state index contributed by atoms with van der Waals surface area (Å²) < 4.78 is 22.8. The van der Waals surface area contributed by atoms with Crippen molar-refractivity contribution in [1.29, 1.82) is 0 Å². The van der Waals surface area contributed by atoms with Crippen molar-refractivity contribution in [1.82, 2.24) is 4.90 Å². The number of hydrogen-bond donors (Lipinski definition) is 0. The third-order valence-corrected chi connectivity index (χ3v) is 6.16. The van der Waals surface area contributed by atoms with E-state index in [0.717, 1.165) is 47.9 Å². The first-order chi connectivity index (χ1) is 15.6. The molecule has 4 rings (SSSR count). The van der Waals surface area contributed by atoms with Crippen molar-refractivity contribution >= 4 is 0 Å². The first kappa shape index (κ1) is 22.0. The van der Waals surface area contributed by atoms with Crippen LogP contribution in [0.4, 0.5) is 0 Å². The summed E-state index contributed by atoms with van der Waals surface area (Å²) >= 11 is 0. The Morgan fingerprint density at radius 1 is 0.781 bits per heavy atom. The minimum Gasteiger partial charge on any atom is -0.493 e. The topological polar surface area (TPSA) is 40.2 Å².